The van der Waals surface area contributed by atoms with E-state index in [1.54, 1.807) is 0 Å². The van der Waals surface area contributed by atoms with Crippen LogP contribution in [0.4, 0.5) is 6.01 Å². The molecule has 0 radical (unpaired) electrons. The molecule has 1 heterocycles. The topological polar surface area (TPSA) is 64.9 Å². The minimum absolute atomic E-state index is 0.0772. The van der Waals surface area contributed by atoms with Crippen molar-refractivity contribution >= 4 is 21.9 Å². The Bertz CT molecular complexity index is 467. The number of rotatable bonds is 1. The van der Waals surface area contributed by atoms with Gasteiger partial charge in [0.1, 0.15) is 0 Å². The standard InChI is InChI=1S/C9H8BrN3O/c1-5-3-2-4-6(7(5)10)8-12-13-9(11)14-8/h2-4H,1H3,(H2,11,13). The van der Waals surface area contributed by atoms with Crippen molar-refractivity contribution < 1.29 is 4.42 Å². The molecule has 2 rings (SSSR count). The highest BCUT2D eigenvalue weighted by Gasteiger charge is 2.10. The number of nitrogen functional groups attached to an aromatic ring is 1. The zero-order chi connectivity index (χ0) is 10.1. The lowest BCUT2D eigenvalue weighted by Crippen LogP contribution is -1.83. The first-order valence-corrected chi connectivity index (χ1v) is 4.82. The first-order valence-electron chi connectivity index (χ1n) is 4.03. The van der Waals surface area contributed by atoms with Crippen LogP contribution >= 0.6 is 15.9 Å². The van der Waals surface area contributed by atoms with E-state index in [1.165, 1.54) is 0 Å². The third-order valence-electron chi connectivity index (χ3n) is 1.86. The van der Waals surface area contributed by atoms with Crippen molar-refractivity contribution in [3.8, 4) is 11.5 Å². The largest absolute Gasteiger partial charge is 0.404 e. The quantitative estimate of drug-likeness (QED) is 0.848. The summed E-state index contributed by atoms with van der Waals surface area (Å²) in [5.41, 5.74) is 7.31. The number of benzene rings is 1. The van der Waals surface area contributed by atoms with Gasteiger partial charge in [0.05, 0.1) is 5.56 Å². The van der Waals surface area contributed by atoms with Crippen LogP contribution in [0.2, 0.25) is 0 Å². The minimum Gasteiger partial charge on any atom is -0.404 e. The van der Waals surface area contributed by atoms with Gasteiger partial charge in [-0.3, -0.25) is 0 Å². The lowest BCUT2D eigenvalue weighted by molar-refractivity contribution is 0.590. The van der Waals surface area contributed by atoms with Gasteiger partial charge in [-0.1, -0.05) is 17.2 Å². The molecule has 72 valence electrons. The Hall–Kier alpha value is -1.36. The smallest absolute Gasteiger partial charge is 0.313 e. The Kier molecular flexibility index (Phi) is 2.25. The molecule has 0 saturated heterocycles. The summed E-state index contributed by atoms with van der Waals surface area (Å²) in [6.07, 6.45) is 0. The van der Waals surface area contributed by atoms with Gasteiger partial charge < -0.3 is 10.2 Å². The Morgan fingerprint density at radius 2 is 2.14 bits per heavy atom. The van der Waals surface area contributed by atoms with Crippen LogP contribution in [0.1, 0.15) is 5.56 Å². The van der Waals surface area contributed by atoms with Crippen molar-refractivity contribution in [2.24, 2.45) is 0 Å². The van der Waals surface area contributed by atoms with Crippen LogP contribution in [0.25, 0.3) is 11.5 Å². The normalized spacial score (nSPS) is 10.4. The number of aromatic nitrogens is 2. The molecule has 4 nitrogen and oxygen atoms in total. The molecular formula is C9H8BrN3O. The van der Waals surface area contributed by atoms with Gasteiger partial charge in [-0.25, -0.2) is 0 Å². The average Bonchev–Trinajstić information content (AvgIpc) is 2.57. The summed E-state index contributed by atoms with van der Waals surface area (Å²) in [7, 11) is 0. The van der Waals surface area contributed by atoms with Crippen molar-refractivity contribution in [3.63, 3.8) is 0 Å². The van der Waals surface area contributed by atoms with Gasteiger partial charge in [0.2, 0.25) is 0 Å². The minimum atomic E-state index is 0.0772. The molecular weight excluding hydrogens is 246 g/mol. The second-order valence-corrected chi connectivity index (χ2v) is 3.67. The fourth-order valence-corrected chi connectivity index (χ4v) is 1.59. The van der Waals surface area contributed by atoms with Crippen molar-refractivity contribution in [1.82, 2.24) is 10.2 Å². The highest BCUT2D eigenvalue weighted by Crippen LogP contribution is 2.29. The molecule has 1 aromatic carbocycles. The Morgan fingerprint density at radius 3 is 2.79 bits per heavy atom. The lowest BCUT2D eigenvalue weighted by Gasteiger charge is -2.01. The van der Waals surface area contributed by atoms with E-state index in [0.29, 0.717) is 5.89 Å². The van der Waals surface area contributed by atoms with E-state index < -0.39 is 0 Å². The monoisotopic (exact) mass is 253 g/mol. The summed E-state index contributed by atoms with van der Waals surface area (Å²) < 4.78 is 6.08. The number of hydrogen-bond donors (Lipinski definition) is 1. The van der Waals surface area contributed by atoms with E-state index in [9.17, 15) is 0 Å². The molecule has 0 amide bonds. The van der Waals surface area contributed by atoms with Crippen LogP contribution in [0.15, 0.2) is 27.1 Å². The van der Waals surface area contributed by atoms with Crippen LogP contribution in [0.5, 0.6) is 0 Å². The Morgan fingerprint density at radius 1 is 1.36 bits per heavy atom. The molecule has 0 fully saturated rings. The SMILES string of the molecule is Cc1cccc(-c2nnc(N)o2)c1Br. The Labute approximate surface area is 89.3 Å². The number of hydrogen-bond acceptors (Lipinski definition) is 4. The van der Waals surface area contributed by atoms with Crippen LogP contribution < -0.4 is 5.73 Å². The second kappa shape index (κ2) is 3.42. The summed E-state index contributed by atoms with van der Waals surface area (Å²) in [4.78, 5) is 0. The van der Waals surface area contributed by atoms with Gasteiger partial charge in [-0.05, 0) is 34.5 Å². The van der Waals surface area contributed by atoms with E-state index in [-0.39, 0.29) is 6.01 Å². The zero-order valence-corrected chi connectivity index (χ0v) is 9.08. The van der Waals surface area contributed by atoms with Crippen LogP contribution in [0, 0.1) is 6.92 Å². The first kappa shape index (κ1) is 9.21. The fraction of sp³-hybridized carbons (Fsp3) is 0.111. The van der Waals surface area contributed by atoms with E-state index >= 15 is 0 Å². The number of aryl methyl sites for hydroxylation is 1. The maximum absolute atomic E-state index is 5.35. The molecule has 0 spiro atoms. The predicted molar refractivity (Wildman–Crippen MR) is 56.6 cm³/mol. The fourth-order valence-electron chi connectivity index (χ4n) is 1.16. The summed E-state index contributed by atoms with van der Waals surface area (Å²) >= 11 is 3.46. The molecule has 1 aromatic heterocycles. The van der Waals surface area contributed by atoms with Crippen molar-refractivity contribution in [1.29, 1.82) is 0 Å². The van der Waals surface area contributed by atoms with E-state index in [4.69, 9.17) is 10.2 Å². The van der Waals surface area contributed by atoms with Gasteiger partial charge >= 0.3 is 6.01 Å². The maximum Gasteiger partial charge on any atom is 0.313 e. The molecule has 0 bridgehead atoms. The lowest BCUT2D eigenvalue weighted by atomic mass is 10.1. The maximum atomic E-state index is 5.35. The van der Waals surface area contributed by atoms with Crippen molar-refractivity contribution in [3.05, 3.63) is 28.2 Å². The number of halogens is 1. The molecule has 2 N–H and O–H groups in total. The second-order valence-electron chi connectivity index (χ2n) is 2.88. The third kappa shape index (κ3) is 1.50. The van der Waals surface area contributed by atoms with Gasteiger partial charge in [0.25, 0.3) is 5.89 Å². The molecule has 0 unspecified atom stereocenters. The predicted octanol–water partition coefficient (Wildman–Crippen LogP) is 2.39. The first-order chi connectivity index (χ1) is 6.68. The molecule has 0 aliphatic carbocycles. The van der Waals surface area contributed by atoms with Gasteiger partial charge in [0, 0.05) is 4.47 Å². The van der Waals surface area contributed by atoms with E-state index in [1.807, 2.05) is 25.1 Å². The van der Waals surface area contributed by atoms with E-state index in [2.05, 4.69) is 26.1 Å². The number of nitrogens with two attached hydrogens (primary N) is 1. The molecule has 5 heteroatoms. The third-order valence-corrected chi connectivity index (χ3v) is 2.92. The molecule has 0 atom stereocenters. The summed E-state index contributed by atoms with van der Waals surface area (Å²) in [5, 5.41) is 7.42. The van der Waals surface area contributed by atoms with E-state index in [0.717, 1.165) is 15.6 Å². The molecule has 0 aliphatic heterocycles. The van der Waals surface area contributed by atoms with Crippen LogP contribution in [-0.4, -0.2) is 10.2 Å². The number of nitrogens with zero attached hydrogens (tertiary/aromatic N) is 2. The van der Waals surface area contributed by atoms with Crippen LogP contribution in [0.3, 0.4) is 0 Å². The molecule has 0 aliphatic rings. The van der Waals surface area contributed by atoms with Gasteiger partial charge in [-0.15, -0.1) is 5.10 Å². The van der Waals surface area contributed by atoms with Gasteiger partial charge in [0.15, 0.2) is 0 Å². The summed E-state index contributed by atoms with van der Waals surface area (Å²) in [5.74, 6) is 0.429. The molecule has 2 aromatic rings. The van der Waals surface area contributed by atoms with Crippen molar-refractivity contribution in [2.75, 3.05) is 5.73 Å². The van der Waals surface area contributed by atoms with Crippen molar-refractivity contribution in [2.45, 2.75) is 6.92 Å². The van der Waals surface area contributed by atoms with Gasteiger partial charge in [-0.2, -0.15) is 0 Å². The number of anilines is 1. The molecule has 0 saturated carbocycles. The Balaban J connectivity index is 2.57. The summed E-state index contributed by atoms with van der Waals surface area (Å²) in [6, 6.07) is 5.89. The zero-order valence-electron chi connectivity index (χ0n) is 7.49. The molecule has 14 heavy (non-hydrogen) atoms. The average molecular weight is 254 g/mol. The van der Waals surface area contributed by atoms with Crippen LogP contribution in [-0.2, 0) is 0 Å². The highest BCUT2D eigenvalue weighted by molar-refractivity contribution is 9.10. The summed E-state index contributed by atoms with van der Waals surface area (Å²) in [6.45, 7) is 1.99. The highest BCUT2D eigenvalue weighted by atomic mass is 79.9.